The SMILES string of the molecule is COCCn1nnnc1[C@@H](c1cc2c(C)ccc(C)c2[nH]c1=O)N1CCC(Cc2ccccc2)CC1. The summed E-state index contributed by atoms with van der Waals surface area (Å²) in [5, 5.41) is 13.7. The number of H-pyrrole nitrogens is 1. The number of pyridine rings is 1. The normalized spacial score (nSPS) is 16.0. The van der Waals surface area contributed by atoms with E-state index in [-0.39, 0.29) is 11.6 Å². The van der Waals surface area contributed by atoms with Crippen molar-refractivity contribution < 1.29 is 4.74 Å². The van der Waals surface area contributed by atoms with Gasteiger partial charge >= 0.3 is 0 Å². The lowest BCUT2D eigenvalue weighted by atomic mass is 9.88. The third-order valence-electron chi connectivity index (χ3n) is 7.46. The van der Waals surface area contributed by atoms with E-state index in [0.717, 1.165) is 54.4 Å². The molecule has 0 unspecified atom stereocenters. The van der Waals surface area contributed by atoms with Gasteiger partial charge in [-0.3, -0.25) is 9.69 Å². The molecule has 1 aliphatic rings. The Balaban J connectivity index is 1.50. The number of ether oxygens (including phenoxy) is 1. The molecular weight excluding hydrogens is 452 g/mol. The lowest BCUT2D eigenvalue weighted by Crippen LogP contribution is -2.41. The smallest absolute Gasteiger partial charge is 0.253 e. The van der Waals surface area contributed by atoms with E-state index in [1.807, 2.05) is 19.1 Å². The number of piperidine rings is 1. The molecule has 8 nitrogen and oxygen atoms in total. The number of fused-ring (bicyclic) bond motifs is 1. The number of hydrogen-bond acceptors (Lipinski definition) is 6. The molecule has 0 saturated carbocycles. The van der Waals surface area contributed by atoms with Crippen molar-refractivity contribution in [1.82, 2.24) is 30.1 Å². The number of methoxy groups -OCH3 is 1. The van der Waals surface area contributed by atoms with Gasteiger partial charge in [-0.05, 0) is 85.3 Å². The van der Waals surface area contributed by atoms with Crippen LogP contribution in [0.3, 0.4) is 0 Å². The standard InChI is InChI=1S/C28H34N6O2/c1-19-9-10-20(2)25-23(19)18-24(28(35)29-25)26(27-30-31-32-34(27)15-16-36-3)33-13-11-22(12-14-33)17-21-7-5-4-6-8-21/h4-10,18,22,26H,11-17H2,1-3H3,(H,29,35)/t26-/m1/s1. The van der Waals surface area contributed by atoms with Crippen molar-refractivity contribution >= 4 is 10.9 Å². The van der Waals surface area contributed by atoms with Gasteiger partial charge in [0, 0.05) is 18.1 Å². The van der Waals surface area contributed by atoms with E-state index >= 15 is 0 Å². The van der Waals surface area contributed by atoms with Crippen LogP contribution in [-0.4, -0.2) is 56.9 Å². The number of aryl methyl sites for hydroxylation is 2. The second-order valence-corrected chi connectivity index (χ2v) is 9.87. The zero-order chi connectivity index (χ0) is 25.1. The molecule has 0 radical (unpaired) electrons. The summed E-state index contributed by atoms with van der Waals surface area (Å²) in [5.74, 6) is 1.30. The number of aromatic amines is 1. The van der Waals surface area contributed by atoms with Crippen LogP contribution in [0.5, 0.6) is 0 Å². The Morgan fingerprint density at radius 1 is 1.08 bits per heavy atom. The molecule has 188 valence electrons. The van der Waals surface area contributed by atoms with Crippen molar-refractivity contribution in [2.45, 2.75) is 45.7 Å². The fourth-order valence-corrected chi connectivity index (χ4v) is 5.40. The van der Waals surface area contributed by atoms with Crippen molar-refractivity contribution in [1.29, 1.82) is 0 Å². The van der Waals surface area contributed by atoms with Crippen molar-refractivity contribution in [2.24, 2.45) is 5.92 Å². The summed E-state index contributed by atoms with van der Waals surface area (Å²) < 4.78 is 7.06. The van der Waals surface area contributed by atoms with Gasteiger partial charge in [0.05, 0.1) is 18.7 Å². The third kappa shape index (κ3) is 4.96. The zero-order valence-electron chi connectivity index (χ0n) is 21.3. The average Bonchev–Trinajstić information content (AvgIpc) is 3.35. The molecule has 0 aliphatic carbocycles. The Hall–Kier alpha value is -3.36. The van der Waals surface area contributed by atoms with E-state index < -0.39 is 0 Å². The summed E-state index contributed by atoms with van der Waals surface area (Å²) in [6, 6.07) is 16.6. The Kier molecular flexibility index (Phi) is 7.25. The number of nitrogens with zero attached hydrogens (tertiary/aromatic N) is 5. The minimum absolute atomic E-state index is 0.0890. The molecule has 1 N–H and O–H groups in total. The van der Waals surface area contributed by atoms with Crippen molar-refractivity contribution in [3.63, 3.8) is 0 Å². The highest BCUT2D eigenvalue weighted by molar-refractivity contribution is 5.85. The minimum Gasteiger partial charge on any atom is -0.383 e. The van der Waals surface area contributed by atoms with Gasteiger partial charge in [0.1, 0.15) is 6.04 Å². The number of hydrogen-bond donors (Lipinski definition) is 1. The van der Waals surface area contributed by atoms with Crippen LogP contribution in [0.25, 0.3) is 10.9 Å². The predicted molar refractivity (Wildman–Crippen MR) is 140 cm³/mol. The highest BCUT2D eigenvalue weighted by atomic mass is 16.5. The quantitative estimate of drug-likeness (QED) is 0.407. The van der Waals surface area contributed by atoms with Gasteiger partial charge in [0.2, 0.25) is 0 Å². The van der Waals surface area contributed by atoms with E-state index in [1.54, 1.807) is 11.8 Å². The third-order valence-corrected chi connectivity index (χ3v) is 7.46. The molecule has 1 saturated heterocycles. The van der Waals surface area contributed by atoms with Crippen LogP contribution in [0.15, 0.2) is 53.3 Å². The van der Waals surface area contributed by atoms with E-state index in [4.69, 9.17) is 4.74 Å². The maximum absolute atomic E-state index is 13.5. The first-order chi connectivity index (χ1) is 17.5. The fraction of sp³-hybridized carbons (Fsp3) is 0.429. The highest BCUT2D eigenvalue weighted by Crippen LogP contribution is 2.32. The molecule has 4 aromatic rings. The Labute approximate surface area is 211 Å². The van der Waals surface area contributed by atoms with Crippen LogP contribution in [-0.2, 0) is 17.7 Å². The lowest BCUT2D eigenvalue weighted by molar-refractivity contribution is 0.138. The van der Waals surface area contributed by atoms with Crippen molar-refractivity contribution in [2.75, 3.05) is 26.8 Å². The summed E-state index contributed by atoms with van der Waals surface area (Å²) in [6.45, 7) is 6.89. The monoisotopic (exact) mass is 486 g/mol. The molecule has 5 rings (SSSR count). The first kappa shape index (κ1) is 24.3. The van der Waals surface area contributed by atoms with E-state index in [2.05, 4.69) is 68.7 Å². The Morgan fingerprint density at radius 2 is 1.83 bits per heavy atom. The van der Waals surface area contributed by atoms with Gasteiger partial charge in [0.25, 0.3) is 5.56 Å². The first-order valence-electron chi connectivity index (χ1n) is 12.7. The number of tetrazole rings is 1. The molecule has 0 spiro atoms. The van der Waals surface area contributed by atoms with Gasteiger partial charge in [-0.15, -0.1) is 5.10 Å². The van der Waals surface area contributed by atoms with E-state index in [1.165, 1.54) is 5.56 Å². The summed E-state index contributed by atoms with van der Waals surface area (Å²) >= 11 is 0. The summed E-state index contributed by atoms with van der Waals surface area (Å²) in [4.78, 5) is 19.1. The van der Waals surface area contributed by atoms with Crippen molar-refractivity contribution in [3.05, 3.63) is 87.0 Å². The number of rotatable bonds is 8. The summed E-state index contributed by atoms with van der Waals surface area (Å²) in [6.07, 6.45) is 3.21. The molecule has 8 heteroatoms. The number of aromatic nitrogens is 5. The topological polar surface area (TPSA) is 88.9 Å². The van der Waals surface area contributed by atoms with Gasteiger partial charge < -0.3 is 9.72 Å². The van der Waals surface area contributed by atoms with Gasteiger partial charge in [0.15, 0.2) is 5.82 Å². The number of benzene rings is 2. The van der Waals surface area contributed by atoms with Crippen LogP contribution >= 0.6 is 0 Å². The molecular formula is C28H34N6O2. The van der Waals surface area contributed by atoms with Crippen LogP contribution in [0.4, 0.5) is 0 Å². The molecule has 2 aromatic heterocycles. The largest absolute Gasteiger partial charge is 0.383 e. The van der Waals surface area contributed by atoms with Gasteiger partial charge in [-0.2, -0.15) is 0 Å². The minimum atomic E-state index is -0.331. The van der Waals surface area contributed by atoms with Gasteiger partial charge in [-0.25, -0.2) is 4.68 Å². The molecule has 36 heavy (non-hydrogen) atoms. The summed E-state index contributed by atoms with van der Waals surface area (Å²) in [7, 11) is 1.66. The molecule has 2 aromatic carbocycles. The zero-order valence-corrected chi connectivity index (χ0v) is 21.3. The number of nitrogens with one attached hydrogen (secondary N) is 1. The Bertz CT molecular complexity index is 1370. The maximum Gasteiger partial charge on any atom is 0.253 e. The Morgan fingerprint density at radius 3 is 2.58 bits per heavy atom. The van der Waals surface area contributed by atoms with Crippen LogP contribution in [0.1, 0.15) is 47.0 Å². The van der Waals surface area contributed by atoms with Gasteiger partial charge in [-0.1, -0.05) is 42.5 Å². The molecule has 1 fully saturated rings. The molecule has 0 amide bonds. The van der Waals surface area contributed by atoms with Crippen LogP contribution in [0, 0.1) is 19.8 Å². The molecule has 3 heterocycles. The first-order valence-corrected chi connectivity index (χ1v) is 12.7. The van der Waals surface area contributed by atoms with E-state index in [9.17, 15) is 4.79 Å². The molecule has 0 bridgehead atoms. The summed E-state index contributed by atoms with van der Waals surface area (Å²) in [5.41, 5.74) is 5.06. The average molecular weight is 487 g/mol. The molecule has 1 atom stereocenters. The second kappa shape index (κ2) is 10.7. The second-order valence-electron chi connectivity index (χ2n) is 9.87. The van der Waals surface area contributed by atoms with Crippen molar-refractivity contribution in [3.8, 4) is 0 Å². The van der Waals surface area contributed by atoms with Crippen LogP contribution in [0.2, 0.25) is 0 Å². The highest BCUT2D eigenvalue weighted by Gasteiger charge is 2.33. The molecule has 1 aliphatic heterocycles. The van der Waals surface area contributed by atoms with Crippen LogP contribution < -0.4 is 5.56 Å². The fourth-order valence-electron chi connectivity index (χ4n) is 5.40. The maximum atomic E-state index is 13.5. The predicted octanol–water partition coefficient (Wildman–Crippen LogP) is 3.82. The number of likely N-dealkylation sites (tertiary alicyclic amines) is 1. The van der Waals surface area contributed by atoms with E-state index in [0.29, 0.717) is 30.5 Å². The lowest BCUT2D eigenvalue weighted by Gasteiger charge is -2.37.